The average Bonchev–Trinajstić information content (AvgIpc) is 2.84. The van der Waals surface area contributed by atoms with Gasteiger partial charge in [0.15, 0.2) is 0 Å². The summed E-state index contributed by atoms with van der Waals surface area (Å²) in [5, 5.41) is 3.15. The number of hydrogen-bond donors (Lipinski definition) is 2. The highest BCUT2D eigenvalue weighted by atomic mass is 32.2. The molecule has 0 spiro atoms. The lowest BCUT2D eigenvalue weighted by Crippen LogP contribution is -2.31. The molecule has 84 valence electrons. The molecule has 1 fully saturated rings. The zero-order chi connectivity index (χ0) is 10.6. The van der Waals surface area contributed by atoms with Crippen molar-refractivity contribution in [2.24, 2.45) is 0 Å². The van der Waals surface area contributed by atoms with Crippen molar-refractivity contribution in [1.29, 1.82) is 0 Å². The van der Waals surface area contributed by atoms with E-state index < -0.39 is 10.0 Å². The molecule has 0 aromatic rings. The predicted octanol–water partition coefficient (Wildman–Crippen LogP) is 0.456. The maximum absolute atomic E-state index is 11.4. The molecule has 1 aliphatic rings. The Hall–Kier alpha value is -0.130. The smallest absolute Gasteiger partial charge is 0.214 e. The number of nitrogens with one attached hydrogen (secondary N) is 2. The third-order valence-electron chi connectivity index (χ3n) is 2.17. The summed E-state index contributed by atoms with van der Waals surface area (Å²) in [6, 6.07) is 0.468. The second-order valence-electron chi connectivity index (χ2n) is 4.10. The van der Waals surface area contributed by atoms with Crippen molar-refractivity contribution in [2.75, 3.05) is 13.1 Å². The predicted molar refractivity (Wildman–Crippen MR) is 57.7 cm³/mol. The van der Waals surface area contributed by atoms with E-state index >= 15 is 0 Å². The van der Waals surface area contributed by atoms with E-state index in [1.54, 1.807) is 0 Å². The zero-order valence-electron chi connectivity index (χ0n) is 8.91. The van der Waals surface area contributed by atoms with Gasteiger partial charge in [0, 0.05) is 12.6 Å². The van der Waals surface area contributed by atoms with Gasteiger partial charge in [0.2, 0.25) is 10.0 Å². The summed E-state index contributed by atoms with van der Waals surface area (Å²) in [5.41, 5.74) is 0. The fraction of sp³-hybridized carbons (Fsp3) is 1.00. The van der Waals surface area contributed by atoms with E-state index in [-0.39, 0.29) is 5.25 Å². The van der Waals surface area contributed by atoms with Crippen molar-refractivity contribution in [3.05, 3.63) is 0 Å². The average molecular weight is 220 g/mol. The highest BCUT2D eigenvalue weighted by molar-refractivity contribution is 7.90. The molecule has 0 heterocycles. The van der Waals surface area contributed by atoms with Crippen molar-refractivity contribution in [1.82, 2.24) is 10.0 Å². The molecule has 4 nitrogen and oxygen atoms in total. The van der Waals surface area contributed by atoms with Gasteiger partial charge < -0.3 is 5.32 Å². The molecule has 0 radical (unpaired) electrons. The standard InChI is InChI=1S/C9H20N2O2S/c1-8(2)10-6-3-7-11-14(12,13)9-4-5-9/h8-11H,3-7H2,1-2H3. The number of sulfonamides is 1. The molecule has 0 saturated heterocycles. The minimum Gasteiger partial charge on any atom is -0.314 e. The van der Waals surface area contributed by atoms with Gasteiger partial charge in [-0.2, -0.15) is 0 Å². The molecule has 0 unspecified atom stereocenters. The Bertz CT molecular complexity index is 258. The summed E-state index contributed by atoms with van der Waals surface area (Å²) in [7, 11) is -2.97. The molecular weight excluding hydrogens is 200 g/mol. The van der Waals surface area contributed by atoms with Gasteiger partial charge in [0.1, 0.15) is 0 Å². The minimum absolute atomic E-state index is 0.0967. The minimum atomic E-state index is -2.97. The lowest BCUT2D eigenvalue weighted by Gasteiger charge is -2.08. The second-order valence-corrected chi connectivity index (χ2v) is 6.15. The van der Waals surface area contributed by atoms with Gasteiger partial charge in [0.25, 0.3) is 0 Å². The van der Waals surface area contributed by atoms with E-state index in [0.29, 0.717) is 12.6 Å². The Morgan fingerprint density at radius 3 is 2.43 bits per heavy atom. The van der Waals surface area contributed by atoms with E-state index in [1.807, 2.05) is 0 Å². The Labute approximate surface area is 86.5 Å². The van der Waals surface area contributed by atoms with Crippen LogP contribution in [-0.2, 0) is 10.0 Å². The molecule has 2 N–H and O–H groups in total. The lowest BCUT2D eigenvalue weighted by atomic mass is 10.3. The first kappa shape index (κ1) is 11.9. The molecule has 0 aromatic carbocycles. The van der Waals surface area contributed by atoms with Gasteiger partial charge in [-0.3, -0.25) is 0 Å². The van der Waals surface area contributed by atoms with Gasteiger partial charge in [0.05, 0.1) is 5.25 Å². The summed E-state index contributed by atoms with van der Waals surface area (Å²) in [4.78, 5) is 0. The number of hydrogen-bond acceptors (Lipinski definition) is 3. The highest BCUT2D eigenvalue weighted by Gasteiger charge is 2.34. The molecule has 5 heteroatoms. The Kier molecular flexibility index (Phi) is 4.34. The topological polar surface area (TPSA) is 58.2 Å². The molecule has 14 heavy (non-hydrogen) atoms. The molecule has 0 bridgehead atoms. The third kappa shape index (κ3) is 4.39. The van der Waals surface area contributed by atoms with Gasteiger partial charge in [-0.05, 0) is 25.8 Å². The van der Waals surface area contributed by atoms with Crippen molar-refractivity contribution in [2.45, 2.75) is 44.4 Å². The van der Waals surface area contributed by atoms with Crippen LogP contribution in [-0.4, -0.2) is 32.8 Å². The van der Waals surface area contributed by atoms with E-state index in [4.69, 9.17) is 0 Å². The monoisotopic (exact) mass is 220 g/mol. The first-order valence-corrected chi connectivity index (χ1v) is 6.79. The van der Waals surface area contributed by atoms with Crippen LogP contribution >= 0.6 is 0 Å². The van der Waals surface area contributed by atoms with Crippen molar-refractivity contribution in [3.8, 4) is 0 Å². The van der Waals surface area contributed by atoms with E-state index in [0.717, 1.165) is 25.8 Å². The summed E-state index contributed by atoms with van der Waals surface area (Å²) < 4.78 is 25.3. The molecular formula is C9H20N2O2S. The number of rotatable bonds is 7. The molecule has 1 rings (SSSR count). The maximum Gasteiger partial charge on any atom is 0.214 e. The fourth-order valence-corrected chi connectivity index (χ4v) is 2.61. The lowest BCUT2D eigenvalue weighted by molar-refractivity contribution is 0.554. The van der Waals surface area contributed by atoms with Gasteiger partial charge >= 0.3 is 0 Å². The van der Waals surface area contributed by atoms with Crippen LogP contribution in [0.2, 0.25) is 0 Å². The quantitative estimate of drug-likeness (QED) is 0.613. The highest BCUT2D eigenvalue weighted by Crippen LogP contribution is 2.27. The van der Waals surface area contributed by atoms with Crippen LogP contribution < -0.4 is 10.0 Å². The summed E-state index contributed by atoms with van der Waals surface area (Å²) >= 11 is 0. The largest absolute Gasteiger partial charge is 0.314 e. The van der Waals surface area contributed by atoms with Crippen LogP contribution in [0.1, 0.15) is 33.1 Å². The summed E-state index contributed by atoms with van der Waals surface area (Å²) in [5.74, 6) is 0. The molecule has 0 atom stereocenters. The zero-order valence-corrected chi connectivity index (χ0v) is 9.73. The SMILES string of the molecule is CC(C)NCCCNS(=O)(=O)C1CC1. The van der Waals surface area contributed by atoms with Crippen LogP contribution in [0.5, 0.6) is 0 Å². The van der Waals surface area contributed by atoms with Crippen molar-refractivity contribution >= 4 is 10.0 Å². The summed E-state index contributed by atoms with van der Waals surface area (Å²) in [6.45, 7) is 5.58. The first-order valence-electron chi connectivity index (χ1n) is 5.24. The van der Waals surface area contributed by atoms with E-state index in [9.17, 15) is 8.42 Å². The van der Waals surface area contributed by atoms with Crippen molar-refractivity contribution < 1.29 is 8.42 Å². The molecule has 1 saturated carbocycles. The van der Waals surface area contributed by atoms with Gasteiger partial charge in [-0.1, -0.05) is 13.8 Å². The normalized spacial score (nSPS) is 17.6. The molecule has 0 aromatic heterocycles. The van der Waals surface area contributed by atoms with Crippen LogP contribution in [0.3, 0.4) is 0 Å². The molecule has 0 aliphatic heterocycles. The molecule has 1 aliphatic carbocycles. The van der Waals surface area contributed by atoms with Crippen LogP contribution in [0, 0.1) is 0 Å². The fourth-order valence-electron chi connectivity index (χ4n) is 1.19. The van der Waals surface area contributed by atoms with E-state index in [1.165, 1.54) is 0 Å². The Morgan fingerprint density at radius 2 is 1.93 bits per heavy atom. The first-order chi connectivity index (χ1) is 6.52. The van der Waals surface area contributed by atoms with Gasteiger partial charge in [-0.25, -0.2) is 13.1 Å². The van der Waals surface area contributed by atoms with Gasteiger partial charge in [-0.15, -0.1) is 0 Å². The van der Waals surface area contributed by atoms with Crippen molar-refractivity contribution in [3.63, 3.8) is 0 Å². The summed E-state index contributed by atoms with van der Waals surface area (Å²) in [6.07, 6.45) is 2.52. The Morgan fingerprint density at radius 1 is 1.29 bits per heavy atom. The third-order valence-corrected chi connectivity index (χ3v) is 4.13. The van der Waals surface area contributed by atoms with E-state index in [2.05, 4.69) is 23.9 Å². The van der Waals surface area contributed by atoms with Crippen LogP contribution in [0.25, 0.3) is 0 Å². The molecule has 0 amide bonds. The maximum atomic E-state index is 11.4. The van der Waals surface area contributed by atoms with Crippen LogP contribution in [0.15, 0.2) is 0 Å². The Balaban J connectivity index is 2.03. The second kappa shape index (κ2) is 5.09. The van der Waals surface area contributed by atoms with Crippen LogP contribution in [0.4, 0.5) is 0 Å².